The summed E-state index contributed by atoms with van der Waals surface area (Å²) in [5.41, 5.74) is 1.42. The highest BCUT2D eigenvalue weighted by atomic mass is 16.5. The number of rotatable bonds is 2. The molecule has 0 atom stereocenters. The Morgan fingerprint density at radius 1 is 1.50 bits per heavy atom. The fourth-order valence-electron chi connectivity index (χ4n) is 1.17. The van der Waals surface area contributed by atoms with Crippen LogP contribution in [0, 0.1) is 0 Å². The molecule has 0 aromatic heterocycles. The van der Waals surface area contributed by atoms with Gasteiger partial charge in [-0.25, -0.2) is 0 Å². The maximum Gasteiger partial charge on any atom is 0.0827 e. The molecule has 1 rings (SSSR count). The van der Waals surface area contributed by atoms with Crippen LogP contribution in [-0.2, 0) is 4.74 Å². The lowest BCUT2D eigenvalue weighted by atomic mass is 10.00. The Kier molecular flexibility index (Phi) is 3.07. The number of methoxy groups -OCH3 is 1. The number of hydrogen-bond donors (Lipinski definition) is 0. The standard InChI is InChI=1S/C9H14O/c1-10-8-7-9-5-3-2-4-6-9/h5,7-8H,2-4,6H2,1H3/b8-7+. The van der Waals surface area contributed by atoms with Crippen LogP contribution >= 0.6 is 0 Å². The Bertz CT molecular complexity index is 145. The van der Waals surface area contributed by atoms with Crippen molar-refractivity contribution in [1.82, 2.24) is 0 Å². The van der Waals surface area contributed by atoms with Crippen molar-refractivity contribution in [1.29, 1.82) is 0 Å². The predicted octanol–water partition coefficient (Wildman–Crippen LogP) is 2.65. The van der Waals surface area contributed by atoms with Crippen LogP contribution in [0.1, 0.15) is 25.7 Å². The highest BCUT2D eigenvalue weighted by Crippen LogP contribution is 2.17. The summed E-state index contributed by atoms with van der Waals surface area (Å²) in [4.78, 5) is 0. The first-order chi connectivity index (χ1) is 4.93. The van der Waals surface area contributed by atoms with Crippen LogP contribution in [0.2, 0.25) is 0 Å². The van der Waals surface area contributed by atoms with Crippen molar-refractivity contribution in [2.45, 2.75) is 25.7 Å². The molecule has 0 saturated carbocycles. The Labute approximate surface area is 62.4 Å². The van der Waals surface area contributed by atoms with Gasteiger partial charge in [0, 0.05) is 0 Å². The first kappa shape index (κ1) is 7.39. The van der Waals surface area contributed by atoms with E-state index in [1.807, 2.05) is 0 Å². The van der Waals surface area contributed by atoms with Gasteiger partial charge in [-0.05, 0) is 37.3 Å². The van der Waals surface area contributed by atoms with Crippen molar-refractivity contribution in [2.24, 2.45) is 0 Å². The molecule has 1 aliphatic carbocycles. The van der Waals surface area contributed by atoms with E-state index >= 15 is 0 Å². The largest absolute Gasteiger partial charge is 0.504 e. The van der Waals surface area contributed by atoms with E-state index in [1.165, 1.54) is 31.3 Å². The van der Waals surface area contributed by atoms with Crippen LogP contribution in [0.15, 0.2) is 24.0 Å². The summed E-state index contributed by atoms with van der Waals surface area (Å²) >= 11 is 0. The van der Waals surface area contributed by atoms with Crippen LogP contribution < -0.4 is 0 Å². The Hall–Kier alpha value is -0.720. The molecule has 0 unspecified atom stereocenters. The van der Waals surface area contributed by atoms with E-state index < -0.39 is 0 Å². The zero-order chi connectivity index (χ0) is 7.23. The zero-order valence-electron chi connectivity index (χ0n) is 6.47. The third kappa shape index (κ3) is 2.26. The summed E-state index contributed by atoms with van der Waals surface area (Å²) in [6.07, 6.45) is 11.2. The molecule has 1 nitrogen and oxygen atoms in total. The van der Waals surface area contributed by atoms with Crippen LogP contribution in [0.25, 0.3) is 0 Å². The highest BCUT2D eigenvalue weighted by molar-refractivity contribution is 5.18. The Balaban J connectivity index is 2.38. The quantitative estimate of drug-likeness (QED) is 0.533. The second-order valence-corrected chi connectivity index (χ2v) is 2.56. The molecule has 56 valence electrons. The lowest BCUT2D eigenvalue weighted by molar-refractivity contribution is 0.337. The normalized spacial score (nSPS) is 19.1. The summed E-state index contributed by atoms with van der Waals surface area (Å²) in [5, 5.41) is 0. The van der Waals surface area contributed by atoms with E-state index in [0.717, 1.165) is 0 Å². The smallest absolute Gasteiger partial charge is 0.0827 e. The van der Waals surface area contributed by atoms with Gasteiger partial charge in [0.2, 0.25) is 0 Å². The summed E-state index contributed by atoms with van der Waals surface area (Å²) in [5.74, 6) is 0. The minimum absolute atomic E-state index is 1.22. The molecule has 0 aromatic rings. The van der Waals surface area contributed by atoms with Gasteiger partial charge in [0.1, 0.15) is 0 Å². The first-order valence-corrected chi connectivity index (χ1v) is 3.82. The van der Waals surface area contributed by atoms with Crippen molar-refractivity contribution in [3.63, 3.8) is 0 Å². The lowest BCUT2D eigenvalue weighted by Gasteiger charge is -2.07. The minimum atomic E-state index is 1.22. The second kappa shape index (κ2) is 4.15. The topological polar surface area (TPSA) is 9.23 Å². The fourth-order valence-corrected chi connectivity index (χ4v) is 1.17. The Morgan fingerprint density at radius 2 is 2.40 bits per heavy atom. The lowest BCUT2D eigenvalue weighted by Crippen LogP contribution is -1.87. The van der Waals surface area contributed by atoms with E-state index in [-0.39, 0.29) is 0 Å². The summed E-state index contributed by atoms with van der Waals surface area (Å²) < 4.78 is 4.82. The van der Waals surface area contributed by atoms with Crippen LogP contribution in [0.3, 0.4) is 0 Å². The molecule has 0 aromatic carbocycles. The van der Waals surface area contributed by atoms with E-state index in [4.69, 9.17) is 4.74 Å². The average Bonchev–Trinajstić information content (AvgIpc) is 2.03. The van der Waals surface area contributed by atoms with Crippen LogP contribution in [0.5, 0.6) is 0 Å². The van der Waals surface area contributed by atoms with E-state index in [0.29, 0.717) is 0 Å². The SMILES string of the molecule is CO/C=C/C1=CCCCC1. The maximum absolute atomic E-state index is 4.82. The van der Waals surface area contributed by atoms with Gasteiger partial charge in [-0.2, -0.15) is 0 Å². The molecular weight excluding hydrogens is 124 g/mol. The fraction of sp³-hybridized carbons (Fsp3) is 0.556. The van der Waals surface area contributed by atoms with Crippen molar-refractivity contribution in [2.75, 3.05) is 7.11 Å². The molecule has 1 aliphatic rings. The van der Waals surface area contributed by atoms with Crippen LogP contribution in [0.4, 0.5) is 0 Å². The Morgan fingerprint density at radius 3 is 3.00 bits per heavy atom. The number of ether oxygens (including phenoxy) is 1. The predicted molar refractivity (Wildman–Crippen MR) is 42.7 cm³/mol. The molecule has 0 bridgehead atoms. The van der Waals surface area contributed by atoms with Gasteiger partial charge in [0.05, 0.1) is 13.4 Å². The first-order valence-electron chi connectivity index (χ1n) is 3.82. The molecule has 0 saturated heterocycles. The second-order valence-electron chi connectivity index (χ2n) is 2.56. The monoisotopic (exact) mass is 138 g/mol. The van der Waals surface area contributed by atoms with E-state index in [9.17, 15) is 0 Å². The third-order valence-electron chi connectivity index (χ3n) is 1.74. The molecule has 0 radical (unpaired) electrons. The minimum Gasteiger partial charge on any atom is -0.504 e. The summed E-state index contributed by atoms with van der Waals surface area (Å²) in [7, 11) is 1.68. The number of hydrogen-bond acceptors (Lipinski definition) is 1. The van der Waals surface area contributed by atoms with Crippen LogP contribution in [-0.4, -0.2) is 7.11 Å². The molecule has 1 heteroatoms. The van der Waals surface area contributed by atoms with Crippen molar-refractivity contribution in [3.8, 4) is 0 Å². The zero-order valence-corrected chi connectivity index (χ0v) is 6.47. The third-order valence-corrected chi connectivity index (χ3v) is 1.74. The molecule has 0 amide bonds. The molecule has 10 heavy (non-hydrogen) atoms. The van der Waals surface area contributed by atoms with Gasteiger partial charge in [0.25, 0.3) is 0 Å². The molecule has 0 aliphatic heterocycles. The molecule has 0 N–H and O–H groups in total. The van der Waals surface area contributed by atoms with Gasteiger partial charge in [-0.3, -0.25) is 0 Å². The van der Waals surface area contributed by atoms with E-state index in [1.54, 1.807) is 13.4 Å². The van der Waals surface area contributed by atoms with Crippen molar-refractivity contribution in [3.05, 3.63) is 24.0 Å². The van der Waals surface area contributed by atoms with Crippen molar-refractivity contribution >= 4 is 0 Å². The van der Waals surface area contributed by atoms with Gasteiger partial charge < -0.3 is 4.74 Å². The maximum atomic E-state index is 4.82. The number of allylic oxidation sites excluding steroid dienone is 3. The van der Waals surface area contributed by atoms with Gasteiger partial charge in [-0.1, -0.05) is 6.08 Å². The van der Waals surface area contributed by atoms with Crippen molar-refractivity contribution < 1.29 is 4.74 Å². The van der Waals surface area contributed by atoms with Gasteiger partial charge >= 0.3 is 0 Å². The summed E-state index contributed by atoms with van der Waals surface area (Å²) in [6, 6.07) is 0. The molecule has 0 spiro atoms. The molecule has 0 fully saturated rings. The van der Waals surface area contributed by atoms with Gasteiger partial charge in [0.15, 0.2) is 0 Å². The molecule has 0 heterocycles. The van der Waals surface area contributed by atoms with E-state index in [2.05, 4.69) is 12.2 Å². The van der Waals surface area contributed by atoms with Gasteiger partial charge in [-0.15, -0.1) is 0 Å². The average molecular weight is 138 g/mol. The molecular formula is C9H14O. The highest BCUT2D eigenvalue weighted by Gasteiger charge is 1.98. The summed E-state index contributed by atoms with van der Waals surface area (Å²) in [6.45, 7) is 0.